The molecule has 1 aromatic carbocycles. The molecule has 8 heteroatoms. The topological polar surface area (TPSA) is 86.9 Å². The number of carbonyl (C=O) groups excluding carboxylic acids is 1. The van der Waals surface area contributed by atoms with Crippen LogP contribution in [-0.2, 0) is 11.2 Å². The van der Waals surface area contributed by atoms with Gasteiger partial charge in [0.2, 0.25) is 17.5 Å². The molecule has 26 heavy (non-hydrogen) atoms. The van der Waals surface area contributed by atoms with Crippen LogP contribution in [0.15, 0.2) is 16.7 Å². The second-order valence-electron chi connectivity index (χ2n) is 6.09. The molecular formula is C18H23N3O5. The van der Waals surface area contributed by atoms with E-state index in [0.29, 0.717) is 47.6 Å². The Morgan fingerprint density at radius 1 is 1.19 bits per heavy atom. The van der Waals surface area contributed by atoms with Crippen LogP contribution in [0, 0.1) is 0 Å². The molecule has 0 saturated carbocycles. The van der Waals surface area contributed by atoms with Crippen molar-refractivity contribution in [2.75, 3.05) is 32.8 Å². The zero-order valence-corrected chi connectivity index (χ0v) is 15.4. The van der Waals surface area contributed by atoms with Crippen molar-refractivity contribution in [2.45, 2.75) is 32.1 Å². The molecule has 3 rings (SSSR count). The van der Waals surface area contributed by atoms with Crippen LogP contribution < -0.4 is 19.1 Å². The van der Waals surface area contributed by atoms with Gasteiger partial charge < -0.3 is 23.6 Å². The number of carbonyl (C=O) groups is 1. The Morgan fingerprint density at radius 2 is 1.88 bits per heavy atom. The van der Waals surface area contributed by atoms with Gasteiger partial charge in [-0.3, -0.25) is 4.79 Å². The Labute approximate surface area is 152 Å². The predicted molar refractivity (Wildman–Crippen MR) is 94.1 cm³/mol. The molecule has 1 fully saturated rings. The van der Waals surface area contributed by atoms with E-state index in [9.17, 15) is 4.79 Å². The summed E-state index contributed by atoms with van der Waals surface area (Å²) in [6, 6.07) is 3.52. The highest BCUT2D eigenvalue weighted by Gasteiger charge is 2.36. The first-order valence-corrected chi connectivity index (χ1v) is 8.54. The maximum absolute atomic E-state index is 12.6. The van der Waals surface area contributed by atoms with Crippen LogP contribution in [0.25, 0.3) is 0 Å². The van der Waals surface area contributed by atoms with E-state index in [1.54, 1.807) is 38.4 Å². The van der Waals surface area contributed by atoms with E-state index in [4.69, 9.17) is 18.7 Å². The monoisotopic (exact) mass is 361 g/mol. The minimum absolute atomic E-state index is 0.0143. The van der Waals surface area contributed by atoms with Crippen molar-refractivity contribution >= 4 is 11.6 Å². The van der Waals surface area contributed by atoms with Crippen LogP contribution >= 0.6 is 0 Å². The first-order valence-electron chi connectivity index (χ1n) is 8.54. The average Bonchev–Trinajstić information content (AvgIpc) is 3.27. The third-order valence-electron chi connectivity index (χ3n) is 4.39. The summed E-state index contributed by atoms with van der Waals surface area (Å²) >= 11 is 0. The highest BCUT2D eigenvalue weighted by Crippen LogP contribution is 2.42. The molecule has 0 spiro atoms. The summed E-state index contributed by atoms with van der Waals surface area (Å²) in [7, 11) is 4.63. The van der Waals surface area contributed by atoms with Crippen molar-refractivity contribution in [3.8, 4) is 17.2 Å². The highest BCUT2D eigenvalue weighted by molar-refractivity contribution is 5.97. The van der Waals surface area contributed by atoms with E-state index in [0.717, 1.165) is 12.8 Å². The molecule has 1 aromatic heterocycles. The summed E-state index contributed by atoms with van der Waals surface area (Å²) in [5.41, 5.74) is 0.681. The standard InChI is InChI=1S/C18H23N3O5/c1-5-6-15-19-18(26-20-15)11-7-16(22)21(10-11)12-8-13(23-2)17(25-4)14(9-12)24-3/h8-9,11H,5-7,10H2,1-4H3. The minimum atomic E-state index is -0.125. The van der Waals surface area contributed by atoms with Gasteiger partial charge in [-0.05, 0) is 6.42 Å². The zero-order valence-electron chi connectivity index (χ0n) is 15.4. The highest BCUT2D eigenvalue weighted by atomic mass is 16.5. The fraction of sp³-hybridized carbons (Fsp3) is 0.500. The van der Waals surface area contributed by atoms with Crippen LogP contribution in [0.2, 0.25) is 0 Å². The lowest BCUT2D eigenvalue weighted by Gasteiger charge is -2.20. The Morgan fingerprint density at radius 3 is 2.46 bits per heavy atom. The van der Waals surface area contributed by atoms with Gasteiger partial charge in [-0.15, -0.1) is 0 Å². The zero-order chi connectivity index (χ0) is 18.7. The van der Waals surface area contributed by atoms with Gasteiger partial charge in [-0.1, -0.05) is 12.1 Å². The number of hydrogen-bond donors (Lipinski definition) is 0. The molecule has 0 radical (unpaired) electrons. The smallest absolute Gasteiger partial charge is 0.232 e. The number of hydrogen-bond acceptors (Lipinski definition) is 7. The second-order valence-corrected chi connectivity index (χ2v) is 6.09. The molecular weight excluding hydrogens is 338 g/mol. The van der Waals surface area contributed by atoms with E-state index >= 15 is 0 Å². The third kappa shape index (κ3) is 3.31. The molecule has 1 aliphatic rings. The van der Waals surface area contributed by atoms with Crippen molar-refractivity contribution in [1.29, 1.82) is 0 Å². The van der Waals surface area contributed by atoms with E-state index in [1.807, 2.05) is 0 Å². The molecule has 8 nitrogen and oxygen atoms in total. The Balaban J connectivity index is 1.86. The number of aromatic nitrogens is 2. The maximum atomic E-state index is 12.6. The van der Waals surface area contributed by atoms with Crippen molar-refractivity contribution in [3.05, 3.63) is 23.8 Å². The molecule has 2 heterocycles. The molecule has 1 amide bonds. The minimum Gasteiger partial charge on any atom is -0.493 e. The lowest BCUT2D eigenvalue weighted by Crippen LogP contribution is -2.24. The molecule has 0 bridgehead atoms. The van der Waals surface area contributed by atoms with E-state index < -0.39 is 0 Å². The normalized spacial score (nSPS) is 16.8. The summed E-state index contributed by atoms with van der Waals surface area (Å²) in [6.07, 6.45) is 2.03. The SMILES string of the molecule is CCCc1noc(C2CC(=O)N(c3cc(OC)c(OC)c(OC)c3)C2)n1. The lowest BCUT2D eigenvalue weighted by molar-refractivity contribution is -0.117. The van der Waals surface area contributed by atoms with Crippen LogP contribution in [-0.4, -0.2) is 43.9 Å². The summed E-state index contributed by atoms with van der Waals surface area (Å²) < 4.78 is 21.4. The third-order valence-corrected chi connectivity index (χ3v) is 4.39. The van der Waals surface area contributed by atoms with E-state index in [1.165, 1.54) is 0 Å². The van der Waals surface area contributed by atoms with Crippen molar-refractivity contribution in [1.82, 2.24) is 10.1 Å². The Bertz CT molecular complexity index is 764. The number of ether oxygens (including phenoxy) is 3. The van der Waals surface area contributed by atoms with Gasteiger partial charge in [0.15, 0.2) is 17.3 Å². The molecule has 140 valence electrons. The Hall–Kier alpha value is -2.77. The van der Waals surface area contributed by atoms with Crippen molar-refractivity contribution in [3.63, 3.8) is 0 Å². The van der Waals surface area contributed by atoms with Crippen LogP contribution in [0.5, 0.6) is 17.2 Å². The molecule has 1 saturated heterocycles. The Kier molecular flexibility index (Phi) is 5.29. The number of anilines is 1. The van der Waals surface area contributed by atoms with Gasteiger partial charge in [0.05, 0.1) is 32.9 Å². The number of aryl methyl sites for hydroxylation is 1. The van der Waals surface area contributed by atoms with Gasteiger partial charge >= 0.3 is 0 Å². The summed E-state index contributed by atoms with van der Waals surface area (Å²) in [5, 5.41) is 3.98. The molecule has 1 unspecified atom stereocenters. The number of nitrogens with zero attached hydrogens (tertiary/aromatic N) is 3. The van der Waals surface area contributed by atoms with E-state index in [2.05, 4.69) is 17.1 Å². The van der Waals surface area contributed by atoms with Gasteiger partial charge in [0.25, 0.3) is 0 Å². The maximum Gasteiger partial charge on any atom is 0.232 e. The van der Waals surface area contributed by atoms with Crippen molar-refractivity contribution < 1.29 is 23.5 Å². The first kappa shape index (κ1) is 18.0. The molecule has 0 N–H and O–H groups in total. The predicted octanol–water partition coefficient (Wildman–Crippen LogP) is 2.57. The fourth-order valence-electron chi connectivity index (χ4n) is 3.10. The van der Waals surface area contributed by atoms with E-state index in [-0.39, 0.29) is 11.8 Å². The lowest BCUT2D eigenvalue weighted by atomic mass is 10.1. The molecule has 1 atom stereocenters. The van der Waals surface area contributed by atoms with Gasteiger partial charge in [0, 0.05) is 31.5 Å². The number of rotatable bonds is 7. The van der Waals surface area contributed by atoms with Crippen LogP contribution in [0.4, 0.5) is 5.69 Å². The number of amides is 1. The molecule has 1 aliphatic heterocycles. The molecule has 2 aromatic rings. The van der Waals surface area contributed by atoms with Gasteiger partial charge in [-0.2, -0.15) is 4.98 Å². The second kappa shape index (κ2) is 7.63. The summed E-state index contributed by atoms with van der Waals surface area (Å²) in [5.74, 6) is 2.54. The first-order chi connectivity index (χ1) is 12.6. The molecule has 0 aliphatic carbocycles. The van der Waals surface area contributed by atoms with Crippen LogP contribution in [0.3, 0.4) is 0 Å². The quantitative estimate of drug-likeness (QED) is 0.749. The van der Waals surface area contributed by atoms with Gasteiger partial charge in [-0.25, -0.2) is 0 Å². The summed E-state index contributed by atoms with van der Waals surface area (Å²) in [6.45, 7) is 2.52. The van der Waals surface area contributed by atoms with Crippen molar-refractivity contribution in [2.24, 2.45) is 0 Å². The number of methoxy groups -OCH3 is 3. The van der Waals surface area contributed by atoms with Crippen LogP contribution in [0.1, 0.15) is 37.4 Å². The summed E-state index contributed by atoms with van der Waals surface area (Å²) in [4.78, 5) is 18.7. The largest absolute Gasteiger partial charge is 0.493 e. The average molecular weight is 361 g/mol. The fourth-order valence-corrected chi connectivity index (χ4v) is 3.10. The van der Waals surface area contributed by atoms with Gasteiger partial charge in [0.1, 0.15) is 0 Å². The number of benzene rings is 1.